The topological polar surface area (TPSA) is 20.2 Å². The highest BCUT2D eigenvalue weighted by molar-refractivity contribution is 4.97. The molecule has 0 aliphatic heterocycles. The fraction of sp³-hybridized carbons (Fsp3) is 0.778. The summed E-state index contributed by atoms with van der Waals surface area (Å²) in [5.74, 6) is 2.77. The lowest BCUT2D eigenvalue weighted by molar-refractivity contribution is 0.127. The molecule has 0 aromatic heterocycles. The van der Waals surface area contributed by atoms with Gasteiger partial charge in [0, 0.05) is 5.92 Å². The Morgan fingerprint density at radius 3 is 2.60 bits per heavy atom. The fourth-order valence-electron chi connectivity index (χ4n) is 1.48. The number of hydrogen-bond acceptors (Lipinski definition) is 1. The lowest BCUT2D eigenvalue weighted by Crippen LogP contribution is -2.16. The van der Waals surface area contributed by atoms with E-state index < -0.39 is 0 Å². The van der Waals surface area contributed by atoms with Crippen LogP contribution in [-0.2, 0) is 0 Å². The molecule has 1 saturated carbocycles. The SMILES string of the molecule is C#C[C@H]1CCCCCC1O. The Morgan fingerprint density at radius 2 is 1.90 bits per heavy atom. The van der Waals surface area contributed by atoms with Crippen LogP contribution in [0.15, 0.2) is 0 Å². The Hall–Kier alpha value is -0.480. The average molecular weight is 138 g/mol. The molecule has 0 bridgehead atoms. The van der Waals surface area contributed by atoms with Crippen molar-refractivity contribution in [2.45, 2.75) is 38.2 Å². The molecule has 0 heterocycles. The van der Waals surface area contributed by atoms with Crippen LogP contribution in [0.3, 0.4) is 0 Å². The van der Waals surface area contributed by atoms with Gasteiger partial charge in [0.2, 0.25) is 0 Å². The van der Waals surface area contributed by atoms with E-state index in [2.05, 4.69) is 5.92 Å². The highest BCUT2D eigenvalue weighted by Gasteiger charge is 2.18. The van der Waals surface area contributed by atoms with Gasteiger partial charge in [0.25, 0.3) is 0 Å². The van der Waals surface area contributed by atoms with E-state index in [0.29, 0.717) is 0 Å². The first kappa shape index (κ1) is 7.63. The van der Waals surface area contributed by atoms with Crippen LogP contribution in [0.5, 0.6) is 0 Å². The standard InChI is InChI=1S/C9H14O/c1-2-8-6-4-3-5-7-9(8)10/h1,8-10H,3-7H2/t8-,9?/m0/s1. The molecule has 10 heavy (non-hydrogen) atoms. The predicted octanol–water partition coefficient (Wildman–Crippen LogP) is 1.56. The third-order valence-corrected chi connectivity index (χ3v) is 2.19. The number of rotatable bonds is 0. The fourth-order valence-corrected chi connectivity index (χ4v) is 1.48. The van der Waals surface area contributed by atoms with Crippen molar-refractivity contribution in [3.8, 4) is 12.3 Å². The summed E-state index contributed by atoms with van der Waals surface area (Å²) in [5.41, 5.74) is 0. The second-order valence-electron chi connectivity index (χ2n) is 2.98. The first-order valence-electron chi connectivity index (χ1n) is 3.99. The molecule has 0 aromatic carbocycles. The number of terminal acetylenes is 1. The van der Waals surface area contributed by atoms with Gasteiger partial charge in [-0.05, 0) is 12.8 Å². The third-order valence-electron chi connectivity index (χ3n) is 2.19. The summed E-state index contributed by atoms with van der Waals surface area (Å²) in [6.45, 7) is 0. The van der Waals surface area contributed by atoms with Crippen molar-refractivity contribution in [3.63, 3.8) is 0 Å². The Bertz CT molecular complexity index is 134. The summed E-state index contributed by atoms with van der Waals surface area (Å²) in [6, 6.07) is 0. The van der Waals surface area contributed by atoms with Crippen molar-refractivity contribution in [3.05, 3.63) is 0 Å². The Balaban J connectivity index is 2.45. The first-order chi connectivity index (χ1) is 4.84. The van der Waals surface area contributed by atoms with Gasteiger partial charge in [0.05, 0.1) is 6.10 Å². The molecule has 1 N–H and O–H groups in total. The zero-order valence-electron chi connectivity index (χ0n) is 6.21. The van der Waals surface area contributed by atoms with E-state index in [4.69, 9.17) is 6.42 Å². The van der Waals surface area contributed by atoms with Crippen LogP contribution in [0.25, 0.3) is 0 Å². The molecule has 0 aromatic rings. The van der Waals surface area contributed by atoms with Crippen molar-refractivity contribution in [2.75, 3.05) is 0 Å². The van der Waals surface area contributed by atoms with Gasteiger partial charge in [-0.1, -0.05) is 19.3 Å². The molecule has 1 rings (SSSR count). The molecule has 2 atom stereocenters. The lowest BCUT2D eigenvalue weighted by atomic mass is 9.99. The van der Waals surface area contributed by atoms with Crippen LogP contribution < -0.4 is 0 Å². The maximum atomic E-state index is 9.41. The van der Waals surface area contributed by atoms with Crippen molar-refractivity contribution >= 4 is 0 Å². The van der Waals surface area contributed by atoms with Gasteiger partial charge >= 0.3 is 0 Å². The highest BCUT2D eigenvalue weighted by Crippen LogP contribution is 2.22. The smallest absolute Gasteiger partial charge is 0.0677 e. The van der Waals surface area contributed by atoms with Crippen molar-refractivity contribution in [2.24, 2.45) is 5.92 Å². The minimum atomic E-state index is -0.229. The van der Waals surface area contributed by atoms with Crippen LogP contribution >= 0.6 is 0 Å². The highest BCUT2D eigenvalue weighted by atomic mass is 16.3. The summed E-state index contributed by atoms with van der Waals surface area (Å²) in [5, 5.41) is 9.41. The van der Waals surface area contributed by atoms with Gasteiger partial charge < -0.3 is 5.11 Å². The molecular formula is C9H14O. The summed E-state index contributed by atoms with van der Waals surface area (Å²) in [6.07, 6.45) is 10.5. The van der Waals surface area contributed by atoms with E-state index in [9.17, 15) is 5.11 Å². The summed E-state index contributed by atoms with van der Waals surface area (Å²) >= 11 is 0. The Kier molecular flexibility index (Phi) is 2.77. The quantitative estimate of drug-likeness (QED) is 0.398. The Morgan fingerprint density at radius 1 is 1.20 bits per heavy atom. The molecule has 1 fully saturated rings. The molecule has 0 spiro atoms. The summed E-state index contributed by atoms with van der Waals surface area (Å²) in [7, 11) is 0. The van der Waals surface area contributed by atoms with Crippen molar-refractivity contribution in [1.29, 1.82) is 0 Å². The normalized spacial score (nSPS) is 34.4. The monoisotopic (exact) mass is 138 g/mol. The molecule has 0 radical (unpaired) electrons. The van der Waals surface area contributed by atoms with Crippen molar-refractivity contribution < 1.29 is 5.11 Å². The van der Waals surface area contributed by atoms with Crippen molar-refractivity contribution in [1.82, 2.24) is 0 Å². The minimum absolute atomic E-state index is 0.127. The molecule has 1 nitrogen and oxygen atoms in total. The van der Waals surface area contributed by atoms with Gasteiger partial charge in [-0.2, -0.15) is 0 Å². The van der Waals surface area contributed by atoms with E-state index in [1.165, 1.54) is 12.8 Å². The molecule has 1 unspecified atom stereocenters. The van der Waals surface area contributed by atoms with Gasteiger partial charge in [0.15, 0.2) is 0 Å². The summed E-state index contributed by atoms with van der Waals surface area (Å²) in [4.78, 5) is 0. The van der Waals surface area contributed by atoms with Crippen LogP contribution in [0.2, 0.25) is 0 Å². The molecule has 1 heteroatoms. The second-order valence-corrected chi connectivity index (χ2v) is 2.98. The average Bonchev–Trinajstić information content (AvgIpc) is 2.13. The maximum Gasteiger partial charge on any atom is 0.0677 e. The second kappa shape index (κ2) is 3.63. The summed E-state index contributed by atoms with van der Waals surface area (Å²) < 4.78 is 0. The number of aliphatic hydroxyl groups is 1. The van der Waals surface area contributed by atoms with E-state index in [-0.39, 0.29) is 12.0 Å². The third kappa shape index (κ3) is 1.75. The van der Waals surface area contributed by atoms with E-state index in [1.807, 2.05) is 0 Å². The van der Waals surface area contributed by atoms with Crippen LogP contribution in [0, 0.1) is 18.3 Å². The minimum Gasteiger partial charge on any atom is -0.392 e. The maximum absolute atomic E-state index is 9.41. The number of aliphatic hydroxyl groups excluding tert-OH is 1. The van der Waals surface area contributed by atoms with Crippen LogP contribution in [-0.4, -0.2) is 11.2 Å². The largest absolute Gasteiger partial charge is 0.392 e. The van der Waals surface area contributed by atoms with E-state index in [1.54, 1.807) is 0 Å². The predicted molar refractivity (Wildman–Crippen MR) is 41.4 cm³/mol. The number of hydrogen-bond donors (Lipinski definition) is 1. The molecule has 56 valence electrons. The zero-order chi connectivity index (χ0) is 7.40. The molecule has 0 amide bonds. The van der Waals surface area contributed by atoms with Gasteiger partial charge in [-0.15, -0.1) is 12.3 Å². The zero-order valence-corrected chi connectivity index (χ0v) is 6.21. The van der Waals surface area contributed by atoms with Crippen LogP contribution in [0.1, 0.15) is 32.1 Å². The van der Waals surface area contributed by atoms with E-state index in [0.717, 1.165) is 19.3 Å². The van der Waals surface area contributed by atoms with Gasteiger partial charge in [-0.3, -0.25) is 0 Å². The molecule has 1 aliphatic rings. The van der Waals surface area contributed by atoms with Gasteiger partial charge in [0.1, 0.15) is 0 Å². The lowest BCUT2D eigenvalue weighted by Gasteiger charge is -2.12. The van der Waals surface area contributed by atoms with E-state index >= 15 is 0 Å². The first-order valence-corrected chi connectivity index (χ1v) is 3.99. The van der Waals surface area contributed by atoms with Gasteiger partial charge in [-0.25, -0.2) is 0 Å². The Labute approximate surface area is 62.4 Å². The molecular weight excluding hydrogens is 124 g/mol. The molecule has 0 saturated heterocycles. The molecule has 1 aliphatic carbocycles. The van der Waals surface area contributed by atoms with Crippen LogP contribution in [0.4, 0.5) is 0 Å².